The van der Waals surface area contributed by atoms with Gasteiger partial charge in [-0.2, -0.15) is 0 Å². The minimum Gasteiger partial charge on any atom is -0.497 e. The van der Waals surface area contributed by atoms with Crippen molar-refractivity contribution < 1.29 is 4.74 Å². The zero-order chi connectivity index (χ0) is 21.9. The maximum absolute atomic E-state index is 5.29. The molecule has 1 aliphatic heterocycles. The molecule has 5 rings (SSSR count). The van der Waals surface area contributed by atoms with Crippen LogP contribution in [0.5, 0.6) is 5.75 Å². The molecule has 6 heteroatoms. The molecule has 1 fully saturated rings. The molecule has 1 atom stereocenters. The summed E-state index contributed by atoms with van der Waals surface area (Å²) in [6, 6.07) is 23.2. The van der Waals surface area contributed by atoms with Crippen molar-refractivity contribution in [2.45, 2.75) is 13.0 Å². The van der Waals surface area contributed by atoms with Crippen molar-refractivity contribution in [1.29, 1.82) is 0 Å². The van der Waals surface area contributed by atoms with E-state index in [4.69, 9.17) is 9.72 Å². The summed E-state index contributed by atoms with van der Waals surface area (Å²) in [6.07, 6.45) is 1.87. The van der Waals surface area contributed by atoms with E-state index >= 15 is 0 Å². The van der Waals surface area contributed by atoms with E-state index in [-0.39, 0.29) is 0 Å². The van der Waals surface area contributed by atoms with Gasteiger partial charge in [0.05, 0.1) is 12.6 Å². The molecule has 162 valence electrons. The number of aromatic nitrogens is 2. The summed E-state index contributed by atoms with van der Waals surface area (Å²) in [6.45, 7) is 5.31. The third-order valence-corrected chi connectivity index (χ3v) is 5.97. The Morgan fingerprint density at radius 2 is 1.84 bits per heavy atom. The average Bonchev–Trinajstić information content (AvgIpc) is 2.85. The van der Waals surface area contributed by atoms with Gasteiger partial charge >= 0.3 is 0 Å². The molecule has 1 aromatic heterocycles. The molecule has 0 aliphatic carbocycles. The van der Waals surface area contributed by atoms with Crippen LogP contribution < -0.4 is 20.3 Å². The first-order valence-corrected chi connectivity index (χ1v) is 11.0. The quantitative estimate of drug-likeness (QED) is 0.477. The van der Waals surface area contributed by atoms with Gasteiger partial charge in [0.15, 0.2) is 0 Å². The topological polar surface area (TPSA) is 62.3 Å². The van der Waals surface area contributed by atoms with E-state index in [0.717, 1.165) is 53.1 Å². The normalized spacial score (nSPS) is 16.2. The lowest BCUT2D eigenvalue weighted by atomic mass is 10.0. The van der Waals surface area contributed by atoms with Gasteiger partial charge in [0.25, 0.3) is 0 Å². The van der Waals surface area contributed by atoms with Crippen molar-refractivity contribution in [3.63, 3.8) is 0 Å². The van der Waals surface area contributed by atoms with Gasteiger partial charge in [0, 0.05) is 54.2 Å². The number of nitrogens with one attached hydrogen (secondary N) is 2. The summed E-state index contributed by atoms with van der Waals surface area (Å²) in [7, 11) is 1.68. The highest BCUT2D eigenvalue weighted by Crippen LogP contribution is 2.30. The summed E-state index contributed by atoms with van der Waals surface area (Å²) in [5.74, 6) is 1.42. The fraction of sp³-hybridized carbons (Fsp3) is 0.231. The number of anilines is 3. The monoisotopic (exact) mass is 425 g/mol. The minimum absolute atomic E-state index is 0.489. The Morgan fingerprint density at radius 1 is 1.03 bits per heavy atom. The summed E-state index contributed by atoms with van der Waals surface area (Å²) < 4.78 is 5.29. The molecule has 0 radical (unpaired) electrons. The van der Waals surface area contributed by atoms with Crippen LogP contribution in [0.25, 0.3) is 22.0 Å². The molecular formula is C26H27N5O. The molecule has 0 spiro atoms. The maximum Gasteiger partial charge on any atom is 0.227 e. The van der Waals surface area contributed by atoms with Crippen molar-refractivity contribution in [3.8, 4) is 16.9 Å². The molecule has 0 bridgehead atoms. The van der Waals surface area contributed by atoms with Gasteiger partial charge in [-0.1, -0.05) is 30.3 Å². The Hall–Kier alpha value is -3.64. The number of nitrogens with zero attached hydrogens (tertiary/aromatic N) is 3. The van der Waals surface area contributed by atoms with E-state index in [1.807, 2.05) is 30.5 Å². The van der Waals surface area contributed by atoms with Gasteiger partial charge in [0.2, 0.25) is 5.95 Å². The molecule has 3 aromatic carbocycles. The molecule has 2 N–H and O–H groups in total. The highest BCUT2D eigenvalue weighted by molar-refractivity contribution is 5.94. The van der Waals surface area contributed by atoms with E-state index in [1.54, 1.807) is 7.11 Å². The number of ether oxygens (including phenoxy) is 1. The number of para-hydroxylation sites is 1. The van der Waals surface area contributed by atoms with Crippen LogP contribution in [0.4, 0.5) is 17.3 Å². The van der Waals surface area contributed by atoms with E-state index in [9.17, 15) is 0 Å². The molecular weight excluding hydrogens is 398 g/mol. The molecule has 4 aromatic rings. The Labute approximate surface area is 188 Å². The molecule has 1 unspecified atom stereocenters. The molecule has 6 nitrogen and oxygen atoms in total. The fourth-order valence-electron chi connectivity index (χ4n) is 4.21. The predicted octanol–water partition coefficient (Wildman–Crippen LogP) is 4.85. The number of rotatable bonds is 5. The molecule has 1 saturated heterocycles. The Morgan fingerprint density at radius 3 is 2.59 bits per heavy atom. The highest BCUT2D eigenvalue weighted by atomic mass is 16.5. The summed E-state index contributed by atoms with van der Waals surface area (Å²) >= 11 is 0. The van der Waals surface area contributed by atoms with Gasteiger partial charge in [-0.3, -0.25) is 0 Å². The lowest BCUT2D eigenvalue weighted by Crippen LogP contribution is -2.49. The fourth-order valence-corrected chi connectivity index (χ4v) is 4.21. The first-order chi connectivity index (χ1) is 15.7. The molecule has 0 saturated carbocycles. The van der Waals surface area contributed by atoms with Crippen molar-refractivity contribution in [3.05, 3.63) is 72.9 Å². The maximum atomic E-state index is 5.29. The number of hydrogen-bond donors (Lipinski definition) is 2. The first-order valence-electron chi connectivity index (χ1n) is 11.0. The predicted molar refractivity (Wildman–Crippen MR) is 131 cm³/mol. The Balaban J connectivity index is 1.41. The van der Waals surface area contributed by atoms with Crippen LogP contribution in [0.3, 0.4) is 0 Å². The van der Waals surface area contributed by atoms with Crippen molar-refractivity contribution >= 4 is 28.2 Å². The molecule has 2 heterocycles. The standard InChI is InChI=1S/C26H27N5O/c1-18-16-27-14-15-31(18)22-10-8-21(9-11-22)29-26-28-17-20-4-3-5-24(25(20)30-26)19-6-12-23(32-2)13-7-19/h3-13,17-18,27H,14-16H2,1-2H3,(H,28,29,30). The molecule has 32 heavy (non-hydrogen) atoms. The van der Waals surface area contributed by atoms with Crippen LogP contribution in [-0.2, 0) is 0 Å². The van der Waals surface area contributed by atoms with Gasteiger partial charge in [-0.25, -0.2) is 9.97 Å². The lowest BCUT2D eigenvalue weighted by molar-refractivity contribution is 0.415. The lowest BCUT2D eigenvalue weighted by Gasteiger charge is -2.36. The smallest absolute Gasteiger partial charge is 0.227 e. The van der Waals surface area contributed by atoms with Crippen LogP contribution >= 0.6 is 0 Å². The van der Waals surface area contributed by atoms with Crippen molar-refractivity contribution in [2.24, 2.45) is 0 Å². The van der Waals surface area contributed by atoms with Crippen molar-refractivity contribution in [1.82, 2.24) is 15.3 Å². The number of benzene rings is 3. The van der Waals surface area contributed by atoms with Gasteiger partial charge in [-0.15, -0.1) is 0 Å². The third kappa shape index (κ3) is 4.09. The van der Waals surface area contributed by atoms with Crippen LogP contribution in [0.2, 0.25) is 0 Å². The van der Waals surface area contributed by atoms with Crippen LogP contribution in [-0.4, -0.2) is 42.8 Å². The number of methoxy groups -OCH3 is 1. The average molecular weight is 426 g/mol. The summed E-state index contributed by atoms with van der Waals surface area (Å²) in [4.78, 5) is 11.8. The second kappa shape index (κ2) is 8.85. The van der Waals surface area contributed by atoms with Crippen LogP contribution in [0.15, 0.2) is 72.9 Å². The highest BCUT2D eigenvalue weighted by Gasteiger charge is 2.18. The number of hydrogen-bond acceptors (Lipinski definition) is 6. The largest absolute Gasteiger partial charge is 0.497 e. The summed E-state index contributed by atoms with van der Waals surface area (Å²) in [5, 5.41) is 7.81. The van der Waals surface area contributed by atoms with E-state index in [1.165, 1.54) is 5.69 Å². The molecule has 0 amide bonds. The van der Waals surface area contributed by atoms with E-state index in [0.29, 0.717) is 12.0 Å². The zero-order valence-corrected chi connectivity index (χ0v) is 18.4. The Bertz CT molecular complexity index is 1210. The van der Waals surface area contributed by atoms with Gasteiger partial charge in [0.1, 0.15) is 5.75 Å². The first kappa shape index (κ1) is 20.3. The van der Waals surface area contributed by atoms with Crippen LogP contribution in [0.1, 0.15) is 6.92 Å². The number of piperazine rings is 1. The second-order valence-corrected chi connectivity index (χ2v) is 8.08. The van der Waals surface area contributed by atoms with E-state index < -0.39 is 0 Å². The van der Waals surface area contributed by atoms with Gasteiger partial charge in [-0.05, 0) is 48.9 Å². The molecule has 1 aliphatic rings. The summed E-state index contributed by atoms with van der Waals surface area (Å²) in [5.41, 5.74) is 5.29. The van der Waals surface area contributed by atoms with E-state index in [2.05, 4.69) is 69.9 Å². The van der Waals surface area contributed by atoms with Gasteiger partial charge < -0.3 is 20.3 Å². The Kier molecular flexibility index (Phi) is 5.60. The SMILES string of the molecule is COc1ccc(-c2cccc3cnc(Nc4ccc(N5CCNCC5C)cc4)nc23)cc1. The third-order valence-electron chi connectivity index (χ3n) is 5.97. The minimum atomic E-state index is 0.489. The zero-order valence-electron chi connectivity index (χ0n) is 18.4. The second-order valence-electron chi connectivity index (χ2n) is 8.08. The number of fused-ring (bicyclic) bond motifs is 1. The van der Waals surface area contributed by atoms with Crippen molar-refractivity contribution in [2.75, 3.05) is 37.0 Å². The van der Waals surface area contributed by atoms with Crippen LogP contribution in [0, 0.1) is 0 Å².